The van der Waals surface area contributed by atoms with Crippen LogP contribution in [0, 0.1) is 5.92 Å². The van der Waals surface area contributed by atoms with Crippen LogP contribution in [0.5, 0.6) is 0 Å². The minimum Gasteiger partial charge on any atom is -0.352 e. The largest absolute Gasteiger partial charge is 0.352 e. The predicted octanol–water partition coefficient (Wildman–Crippen LogP) is 2.59. The quantitative estimate of drug-likeness (QED) is 0.733. The average Bonchev–Trinajstić information content (AvgIpc) is 3.09. The monoisotopic (exact) mass is 380 g/mol. The molecule has 1 aromatic carbocycles. The Labute approximate surface area is 161 Å². The van der Waals surface area contributed by atoms with Crippen LogP contribution in [0.25, 0.3) is 11.4 Å². The first-order valence-corrected chi connectivity index (χ1v) is 8.81. The third kappa shape index (κ3) is 5.25. The number of nitrogens with two attached hydrogens (primary N) is 1. The molecule has 3 N–H and O–H groups in total. The number of hydrogen-bond acceptors (Lipinski definition) is 5. The summed E-state index contributed by atoms with van der Waals surface area (Å²) in [6.07, 6.45) is 1.60. The molecular formula is C18H29ClN6O. The normalized spacial score (nSPS) is 12.5. The fourth-order valence-electron chi connectivity index (χ4n) is 2.59. The molecule has 1 amide bonds. The second kappa shape index (κ2) is 9.64. The van der Waals surface area contributed by atoms with Crippen LogP contribution in [0.3, 0.4) is 0 Å². The lowest BCUT2D eigenvalue weighted by atomic mass is 9.94. The molecule has 0 radical (unpaired) electrons. The average molecular weight is 381 g/mol. The molecule has 1 aromatic heterocycles. The standard InChI is InChI=1S/C18H28N6O.ClH/c1-5-18(19,6-2)12-20-17(25)15(13(3)4)24-22-16(21-23-24)14-10-8-7-9-11-14;/h7-11,13,15H,5-6,12,19H2,1-4H3,(H,20,25);1H. The molecule has 0 spiro atoms. The first-order valence-electron chi connectivity index (χ1n) is 8.81. The highest BCUT2D eigenvalue weighted by Crippen LogP contribution is 2.19. The van der Waals surface area contributed by atoms with E-state index in [1.165, 1.54) is 4.80 Å². The maximum atomic E-state index is 12.7. The zero-order valence-corrected chi connectivity index (χ0v) is 16.7. The van der Waals surface area contributed by atoms with Crippen LogP contribution >= 0.6 is 12.4 Å². The number of carbonyl (C=O) groups is 1. The molecular weight excluding hydrogens is 352 g/mol. The van der Waals surface area contributed by atoms with Gasteiger partial charge in [-0.15, -0.1) is 22.6 Å². The van der Waals surface area contributed by atoms with Crippen molar-refractivity contribution in [2.24, 2.45) is 11.7 Å². The van der Waals surface area contributed by atoms with Gasteiger partial charge in [0.1, 0.15) is 0 Å². The predicted molar refractivity (Wildman–Crippen MR) is 105 cm³/mol. The molecule has 26 heavy (non-hydrogen) atoms. The summed E-state index contributed by atoms with van der Waals surface area (Å²) >= 11 is 0. The van der Waals surface area contributed by atoms with Gasteiger partial charge in [-0.05, 0) is 24.0 Å². The van der Waals surface area contributed by atoms with E-state index < -0.39 is 6.04 Å². The summed E-state index contributed by atoms with van der Waals surface area (Å²) in [7, 11) is 0. The van der Waals surface area contributed by atoms with E-state index >= 15 is 0 Å². The van der Waals surface area contributed by atoms with Gasteiger partial charge < -0.3 is 11.1 Å². The van der Waals surface area contributed by atoms with Crippen molar-refractivity contribution in [1.29, 1.82) is 0 Å². The Morgan fingerprint density at radius 3 is 2.38 bits per heavy atom. The van der Waals surface area contributed by atoms with Crippen LogP contribution in [0.2, 0.25) is 0 Å². The highest BCUT2D eigenvalue weighted by atomic mass is 35.5. The lowest BCUT2D eigenvalue weighted by Crippen LogP contribution is -2.51. The van der Waals surface area contributed by atoms with E-state index in [1.807, 2.05) is 58.0 Å². The van der Waals surface area contributed by atoms with Crippen LogP contribution in [-0.2, 0) is 4.79 Å². The molecule has 144 valence electrons. The second-order valence-corrected chi connectivity index (χ2v) is 6.78. The van der Waals surface area contributed by atoms with Crippen LogP contribution < -0.4 is 11.1 Å². The Bertz CT molecular complexity index is 684. The molecule has 0 aliphatic rings. The second-order valence-electron chi connectivity index (χ2n) is 6.78. The number of benzene rings is 1. The van der Waals surface area contributed by atoms with Gasteiger partial charge >= 0.3 is 0 Å². The molecule has 0 aliphatic carbocycles. The van der Waals surface area contributed by atoms with E-state index in [4.69, 9.17) is 5.73 Å². The van der Waals surface area contributed by atoms with Crippen molar-refractivity contribution in [2.75, 3.05) is 6.54 Å². The maximum Gasteiger partial charge on any atom is 0.247 e. The number of tetrazole rings is 1. The van der Waals surface area contributed by atoms with E-state index in [2.05, 4.69) is 20.7 Å². The van der Waals surface area contributed by atoms with E-state index in [0.717, 1.165) is 18.4 Å². The molecule has 1 heterocycles. The fraction of sp³-hybridized carbons (Fsp3) is 0.556. The number of halogens is 1. The van der Waals surface area contributed by atoms with E-state index in [9.17, 15) is 4.79 Å². The molecule has 1 unspecified atom stereocenters. The van der Waals surface area contributed by atoms with Gasteiger partial charge in [0.05, 0.1) is 0 Å². The molecule has 7 nitrogen and oxygen atoms in total. The molecule has 2 rings (SSSR count). The molecule has 1 atom stereocenters. The highest BCUT2D eigenvalue weighted by molar-refractivity contribution is 5.85. The third-order valence-electron chi connectivity index (χ3n) is 4.63. The highest BCUT2D eigenvalue weighted by Gasteiger charge is 2.29. The van der Waals surface area contributed by atoms with Gasteiger partial charge in [-0.3, -0.25) is 4.79 Å². The number of rotatable bonds is 8. The molecule has 0 saturated heterocycles. The van der Waals surface area contributed by atoms with E-state index in [1.54, 1.807) is 0 Å². The van der Waals surface area contributed by atoms with Gasteiger partial charge in [-0.1, -0.05) is 58.0 Å². The van der Waals surface area contributed by atoms with Crippen molar-refractivity contribution in [3.63, 3.8) is 0 Å². The number of nitrogens with one attached hydrogen (secondary N) is 1. The minimum atomic E-state index is -0.525. The zero-order chi connectivity index (χ0) is 18.4. The summed E-state index contributed by atoms with van der Waals surface area (Å²) in [5.74, 6) is 0.395. The van der Waals surface area contributed by atoms with Crippen LogP contribution in [0.15, 0.2) is 30.3 Å². The maximum absolute atomic E-state index is 12.7. The Morgan fingerprint density at radius 1 is 1.23 bits per heavy atom. The summed E-state index contributed by atoms with van der Waals surface area (Å²) in [5.41, 5.74) is 6.76. The van der Waals surface area contributed by atoms with Gasteiger partial charge in [-0.25, -0.2) is 0 Å². The van der Waals surface area contributed by atoms with Crippen molar-refractivity contribution in [3.8, 4) is 11.4 Å². The van der Waals surface area contributed by atoms with Crippen molar-refractivity contribution in [2.45, 2.75) is 52.1 Å². The van der Waals surface area contributed by atoms with Crippen molar-refractivity contribution < 1.29 is 4.79 Å². The Balaban J connectivity index is 0.00000338. The first-order chi connectivity index (χ1) is 11.9. The summed E-state index contributed by atoms with van der Waals surface area (Å²) in [6.45, 7) is 8.42. The minimum absolute atomic E-state index is 0. The molecule has 8 heteroatoms. The number of amides is 1. The molecule has 2 aromatic rings. The summed E-state index contributed by atoms with van der Waals surface area (Å²) in [5, 5.41) is 15.6. The van der Waals surface area contributed by atoms with Gasteiger partial charge in [0.2, 0.25) is 11.7 Å². The third-order valence-corrected chi connectivity index (χ3v) is 4.63. The topological polar surface area (TPSA) is 98.7 Å². The number of aromatic nitrogens is 4. The SMILES string of the molecule is CCC(N)(CC)CNC(=O)C(C(C)C)n1nnc(-c2ccccc2)n1.Cl. The molecule has 0 fully saturated rings. The Morgan fingerprint density at radius 2 is 1.85 bits per heavy atom. The van der Waals surface area contributed by atoms with E-state index in [-0.39, 0.29) is 29.8 Å². The Kier molecular flexibility index (Phi) is 8.17. The fourth-order valence-corrected chi connectivity index (χ4v) is 2.59. The van der Waals surface area contributed by atoms with Gasteiger partial charge in [0.25, 0.3) is 0 Å². The van der Waals surface area contributed by atoms with Gasteiger partial charge in [0, 0.05) is 17.6 Å². The zero-order valence-electron chi connectivity index (χ0n) is 15.8. The smallest absolute Gasteiger partial charge is 0.247 e. The lowest BCUT2D eigenvalue weighted by molar-refractivity contribution is -0.126. The molecule has 0 aliphatic heterocycles. The van der Waals surface area contributed by atoms with E-state index in [0.29, 0.717) is 12.4 Å². The first kappa shape index (κ1) is 22.1. The van der Waals surface area contributed by atoms with Crippen molar-refractivity contribution in [3.05, 3.63) is 30.3 Å². The summed E-state index contributed by atoms with van der Waals surface area (Å²) in [6, 6.07) is 9.06. The number of nitrogens with zero attached hydrogens (tertiary/aromatic N) is 4. The number of hydrogen-bond donors (Lipinski definition) is 2. The van der Waals surface area contributed by atoms with Crippen molar-refractivity contribution in [1.82, 2.24) is 25.5 Å². The lowest BCUT2D eigenvalue weighted by Gasteiger charge is -2.28. The van der Waals surface area contributed by atoms with Crippen molar-refractivity contribution >= 4 is 18.3 Å². The van der Waals surface area contributed by atoms with Crippen LogP contribution in [-0.4, -0.2) is 38.2 Å². The van der Waals surface area contributed by atoms with Crippen LogP contribution in [0.4, 0.5) is 0 Å². The Hall–Kier alpha value is -1.99. The van der Waals surface area contributed by atoms with Gasteiger partial charge in [-0.2, -0.15) is 4.80 Å². The summed E-state index contributed by atoms with van der Waals surface area (Å²) in [4.78, 5) is 14.1. The van der Waals surface area contributed by atoms with Crippen LogP contribution in [0.1, 0.15) is 46.6 Å². The van der Waals surface area contributed by atoms with Gasteiger partial charge in [0.15, 0.2) is 6.04 Å². The molecule has 0 saturated carbocycles. The molecule has 0 bridgehead atoms. The number of carbonyl (C=O) groups excluding carboxylic acids is 1. The summed E-state index contributed by atoms with van der Waals surface area (Å²) < 4.78 is 0.